The number of para-hydroxylation sites is 1. The second kappa shape index (κ2) is 5.98. The first-order valence-corrected chi connectivity index (χ1v) is 6.35. The molecule has 0 aliphatic heterocycles. The second-order valence-corrected chi connectivity index (χ2v) is 4.67. The van der Waals surface area contributed by atoms with Crippen LogP contribution in [0.5, 0.6) is 11.5 Å². The molecular weight excluding hydrogens is 297 g/mol. The lowest BCUT2D eigenvalue weighted by molar-refractivity contribution is 0.469. The van der Waals surface area contributed by atoms with Crippen molar-refractivity contribution in [1.29, 1.82) is 0 Å². The molecule has 2 aromatic carbocycles. The fourth-order valence-corrected chi connectivity index (χ4v) is 1.99. The number of rotatable bonds is 4. The van der Waals surface area contributed by atoms with Crippen molar-refractivity contribution in [2.24, 2.45) is 0 Å². The van der Waals surface area contributed by atoms with Crippen molar-refractivity contribution in [3.63, 3.8) is 0 Å². The molecule has 94 valence electrons. The summed E-state index contributed by atoms with van der Waals surface area (Å²) in [7, 11) is 1.81. The fraction of sp³-hybridized carbons (Fsp3) is 0.143. The molecule has 0 radical (unpaired) electrons. The molecule has 18 heavy (non-hydrogen) atoms. The Balaban J connectivity index is 2.31. The van der Waals surface area contributed by atoms with Crippen LogP contribution in [0.25, 0.3) is 0 Å². The summed E-state index contributed by atoms with van der Waals surface area (Å²) in [4.78, 5) is 0. The summed E-state index contributed by atoms with van der Waals surface area (Å²) in [5, 5.41) is 2.99. The van der Waals surface area contributed by atoms with E-state index in [4.69, 9.17) is 4.74 Å². The maximum absolute atomic E-state index is 13.2. The molecule has 0 aliphatic rings. The van der Waals surface area contributed by atoms with E-state index in [1.807, 2.05) is 31.3 Å². The van der Waals surface area contributed by atoms with Crippen LogP contribution in [-0.4, -0.2) is 7.05 Å². The van der Waals surface area contributed by atoms with Crippen LogP contribution in [0, 0.1) is 5.82 Å². The molecule has 0 aromatic heterocycles. The van der Waals surface area contributed by atoms with Crippen LogP contribution >= 0.6 is 15.9 Å². The second-order valence-electron chi connectivity index (χ2n) is 3.81. The highest BCUT2D eigenvalue weighted by Crippen LogP contribution is 2.31. The topological polar surface area (TPSA) is 21.3 Å². The number of ether oxygens (including phenoxy) is 1. The molecule has 0 atom stereocenters. The molecule has 0 unspecified atom stereocenters. The van der Waals surface area contributed by atoms with Gasteiger partial charge in [0.25, 0.3) is 0 Å². The number of hydrogen-bond acceptors (Lipinski definition) is 2. The summed E-state index contributed by atoms with van der Waals surface area (Å²) in [5.74, 6) is 1.10. The van der Waals surface area contributed by atoms with Gasteiger partial charge >= 0.3 is 0 Å². The van der Waals surface area contributed by atoms with Crippen LogP contribution in [0.1, 0.15) is 5.56 Å². The van der Waals surface area contributed by atoms with E-state index in [9.17, 15) is 4.39 Å². The maximum Gasteiger partial charge on any atom is 0.141 e. The first-order chi connectivity index (χ1) is 8.70. The highest BCUT2D eigenvalue weighted by Gasteiger charge is 2.07. The van der Waals surface area contributed by atoms with Crippen molar-refractivity contribution in [2.75, 3.05) is 7.05 Å². The van der Waals surface area contributed by atoms with Gasteiger partial charge in [-0.25, -0.2) is 4.39 Å². The van der Waals surface area contributed by atoms with Gasteiger partial charge in [-0.2, -0.15) is 0 Å². The fourth-order valence-electron chi connectivity index (χ4n) is 1.62. The Bertz CT molecular complexity index is 545. The molecule has 1 N–H and O–H groups in total. The molecule has 0 heterocycles. The van der Waals surface area contributed by atoms with Crippen LogP contribution in [0.4, 0.5) is 4.39 Å². The van der Waals surface area contributed by atoms with Crippen LogP contribution in [-0.2, 0) is 6.54 Å². The number of nitrogens with one attached hydrogen (secondary N) is 1. The van der Waals surface area contributed by atoms with Crippen molar-refractivity contribution in [3.8, 4) is 11.5 Å². The van der Waals surface area contributed by atoms with Crippen LogP contribution in [0.15, 0.2) is 46.9 Å². The molecule has 2 nitrogen and oxygen atoms in total. The van der Waals surface area contributed by atoms with Gasteiger partial charge in [-0.05, 0) is 53.3 Å². The first kappa shape index (κ1) is 13.1. The summed E-state index contributed by atoms with van der Waals surface area (Å²) >= 11 is 3.42. The Labute approximate surface area is 114 Å². The monoisotopic (exact) mass is 309 g/mol. The average Bonchev–Trinajstić information content (AvgIpc) is 2.35. The summed E-state index contributed by atoms with van der Waals surface area (Å²) in [6.45, 7) is 0.553. The third kappa shape index (κ3) is 3.09. The van der Waals surface area contributed by atoms with Crippen LogP contribution in [0.3, 0.4) is 0 Å². The summed E-state index contributed by atoms with van der Waals surface area (Å²) in [6, 6.07) is 12.1. The van der Waals surface area contributed by atoms with Gasteiger partial charge in [0.05, 0.1) is 4.47 Å². The standard InChI is InChI=1S/C14H13BrFNO/c1-17-9-10-8-11(16)6-7-13(10)18-14-5-3-2-4-12(14)15/h2-8,17H,9H2,1H3. The number of hydrogen-bond donors (Lipinski definition) is 1. The molecule has 2 rings (SSSR count). The first-order valence-electron chi connectivity index (χ1n) is 5.56. The highest BCUT2D eigenvalue weighted by atomic mass is 79.9. The molecule has 0 saturated heterocycles. The van der Waals surface area contributed by atoms with Crippen molar-refractivity contribution in [2.45, 2.75) is 6.54 Å². The molecule has 0 bridgehead atoms. The van der Waals surface area contributed by atoms with E-state index in [0.29, 0.717) is 18.0 Å². The minimum Gasteiger partial charge on any atom is -0.456 e. The molecule has 0 fully saturated rings. The average molecular weight is 310 g/mol. The van der Waals surface area contributed by atoms with E-state index < -0.39 is 0 Å². The lowest BCUT2D eigenvalue weighted by atomic mass is 10.2. The van der Waals surface area contributed by atoms with E-state index in [-0.39, 0.29) is 5.82 Å². The summed E-state index contributed by atoms with van der Waals surface area (Å²) in [5.41, 5.74) is 0.785. The van der Waals surface area contributed by atoms with E-state index >= 15 is 0 Å². The van der Waals surface area contributed by atoms with Gasteiger partial charge in [0.1, 0.15) is 17.3 Å². The Morgan fingerprint density at radius 1 is 1.17 bits per heavy atom. The van der Waals surface area contributed by atoms with Gasteiger partial charge in [0.2, 0.25) is 0 Å². The van der Waals surface area contributed by atoms with Crippen LogP contribution < -0.4 is 10.1 Å². The largest absolute Gasteiger partial charge is 0.456 e. The normalized spacial score (nSPS) is 10.4. The van der Waals surface area contributed by atoms with Crippen molar-refractivity contribution in [3.05, 3.63) is 58.3 Å². The Kier molecular flexibility index (Phi) is 4.33. The predicted octanol–water partition coefficient (Wildman–Crippen LogP) is 4.10. The predicted molar refractivity (Wildman–Crippen MR) is 73.4 cm³/mol. The zero-order valence-electron chi connectivity index (χ0n) is 9.91. The molecule has 0 aliphatic carbocycles. The van der Waals surface area contributed by atoms with Gasteiger partial charge in [-0.15, -0.1) is 0 Å². The van der Waals surface area contributed by atoms with Gasteiger partial charge < -0.3 is 10.1 Å². The third-order valence-corrected chi connectivity index (χ3v) is 3.10. The molecule has 2 aromatic rings. The zero-order valence-corrected chi connectivity index (χ0v) is 11.5. The molecule has 4 heteroatoms. The van der Waals surface area contributed by atoms with E-state index in [2.05, 4.69) is 21.2 Å². The number of benzene rings is 2. The Morgan fingerprint density at radius 2 is 1.94 bits per heavy atom. The molecule has 0 spiro atoms. The van der Waals surface area contributed by atoms with Gasteiger partial charge in [-0.3, -0.25) is 0 Å². The van der Waals surface area contributed by atoms with Crippen LogP contribution in [0.2, 0.25) is 0 Å². The summed E-state index contributed by atoms with van der Waals surface area (Å²) < 4.78 is 19.9. The quantitative estimate of drug-likeness (QED) is 0.918. The van der Waals surface area contributed by atoms with Gasteiger partial charge in [-0.1, -0.05) is 12.1 Å². The summed E-state index contributed by atoms with van der Waals surface area (Å²) in [6.07, 6.45) is 0. The van der Waals surface area contributed by atoms with Crippen molar-refractivity contribution in [1.82, 2.24) is 5.32 Å². The van der Waals surface area contributed by atoms with Gasteiger partial charge in [0.15, 0.2) is 0 Å². The SMILES string of the molecule is CNCc1cc(F)ccc1Oc1ccccc1Br. The lowest BCUT2D eigenvalue weighted by Crippen LogP contribution is -2.06. The highest BCUT2D eigenvalue weighted by molar-refractivity contribution is 9.10. The van der Waals surface area contributed by atoms with Crippen molar-refractivity contribution < 1.29 is 9.13 Å². The van der Waals surface area contributed by atoms with Gasteiger partial charge in [0, 0.05) is 12.1 Å². The minimum atomic E-state index is -0.264. The van der Waals surface area contributed by atoms with E-state index in [1.54, 1.807) is 6.07 Å². The third-order valence-electron chi connectivity index (χ3n) is 2.45. The number of halogens is 2. The van der Waals surface area contributed by atoms with Crippen molar-refractivity contribution >= 4 is 15.9 Å². The lowest BCUT2D eigenvalue weighted by Gasteiger charge is -2.12. The molecular formula is C14H13BrFNO. The Hall–Kier alpha value is -1.39. The maximum atomic E-state index is 13.2. The molecule has 0 amide bonds. The Morgan fingerprint density at radius 3 is 2.67 bits per heavy atom. The molecule has 0 saturated carbocycles. The minimum absolute atomic E-state index is 0.264. The smallest absolute Gasteiger partial charge is 0.141 e. The van der Waals surface area contributed by atoms with E-state index in [0.717, 1.165) is 10.0 Å². The zero-order chi connectivity index (χ0) is 13.0. The van der Waals surface area contributed by atoms with E-state index in [1.165, 1.54) is 12.1 Å².